The molecule has 1 fully saturated rings. The molecule has 2 heterocycles. The summed E-state index contributed by atoms with van der Waals surface area (Å²) in [6, 6.07) is 19.1. The third kappa shape index (κ3) is 5.33. The highest BCUT2D eigenvalue weighted by molar-refractivity contribution is 6.16. The Labute approximate surface area is 231 Å². The fourth-order valence-corrected chi connectivity index (χ4v) is 4.43. The Morgan fingerprint density at radius 1 is 0.878 bits per heavy atom. The molecule has 6 rings (SSSR count). The number of hydrogen-bond acceptors (Lipinski definition) is 5. The molecule has 1 aliphatic carbocycles. The zero-order chi connectivity index (χ0) is 28.6. The number of anilines is 2. The van der Waals surface area contributed by atoms with Crippen molar-refractivity contribution in [2.45, 2.75) is 19.4 Å². The van der Waals surface area contributed by atoms with E-state index < -0.39 is 29.6 Å². The van der Waals surface area contributed by atoms with Crippen LogP contribution in [0, 0.1) is 11.2 Å². The number of alkyl halides is 2. The lowest BCUT2D eigenvalue weighted by Gasteiger charge is -2.16. The van der Waals surface area contributed by atoms with Crippen LogP contribution in [0.15, 0.2) is 91.4 Å². The molecular formula is C30H22F3N5O3. The number of amides is 2. The SMILES string of the molecule is O=C(Nc1ccc(F)cc1)C1(C(=O)Nc2ccc(Oc3ccnc4cc(-c5cnn(C(F)F)c5)ccc34)cc2)CC1. The third-order valence-electron chi connectivity index (χ3n) is 6.90. The van der Waals surface area contributed by atoms with Gasteiger partial charge in [-0.15, -0.1) is 0 Å². The molecule has 0 saturated heterocycles. The molecule has 8 nitrogen and oxygen atoms in total. The van der Waals surface area contributed by atoms with Gasteiger partial charge in [-0.1, -0.05) is 6.07 Å². The van der Waals surface area contributed by atoms with E-state index in [4.69, 9.17) is 4.74 Å². The largest absolute Gasteiger partial charge is 0.457 e. The van der Waals surface area contributed by atoms with Crippen LogP contribution in [0.5, 0.6) is 11.5 Å². The molecular weight excluding hydrogens is 535 g/mol. The monoisotopic (exact) mass is 557 g/mol. The lowest BCUT2D eigenvalue weighted by atomic mass is 10.0. The highest BCUT2D eigenvalue weighted by atomic mass is 19.3. The number of carbonyl (C=O) groups excluding carboxylic acids is 2. The molecule has 2 amide bonds. The van der Waals surface area contributed by atoms with E-state index in [1.165, 1.54) is 36.7 Å². The maximum absolute atomic E-state index is 13.1. The van der Waals surface area contributed by atoms with Crippen LogP contribution in [0.3, 0.4) is 0 Å². The van der Waals surface area contributed by atoms with E-state index in [-0.39, 0.29) is 0 Å². The minimum atomic E-state index is -2.72. The van der Waals surface area contributed by atoms with Gasteiger partial charge in [0.15, 0.2) is 0 Å². The van der Waals surface area contributed by atoms with Gasteiger partial charge in [-0.2, -0.15) is 13.9 Å². The van der Waals surface area contributed by atoms with Crippen molar-refractivity contribution in [1.29, 1.82) is 0 Å². The zero-order valence-corrected chi connectivity index (χ0v) is 21.4. The number of nitrogens with one attached hydrogen (secondary N) is 2. The average molecular weight is 558 g/mol. The summed E-state index contributed by atoms with van der Waals surface area (Å²) in [5.41, 5.74) is 1.59. The first-order chi connectivity index (χ1) is 19.8. The third-order valence-corrected chi connectivity index (χ3v) is 6.90. The molecule has 2 aromatic heterocycles. The van der Waals surface area contributed by atoms with Crippen molar-refractivity contribution in [3.63, 3.8) is 0 Å². The first-order valence-corrected chi connectivity index (χ1v) is 12.7. The van der Waals surface area contributed by atoms with Crippen molar-refractivity contribution in [3.05, 3.63) is 97.2 Å². The smallest absolute Gasteiger partial charge is 0.333 e. The number of pyridine rings is 1. The lowest BCUT2D eigenvalue weighted by Crippen LogP contribution is -2.35. The van der Waals surface area contributed by atoms with Crippen molar-refractivity contribution in [3.8, 4) is 22.6 Å². The minimum absolute atomic E-state index is 0.415. The summed E-state index contributed by atoms with van der Waals surface area (Å²) in [5, 5.41) is 9.87. The Morgan fingerprint density at radius 3 is 2.15 bits per heavy atom. The molecule has 0 radical (unpaired) electrons. The lowest BCUT2D eigenvalue weighted by molar-refractivity contribution is -0.131. The van der Waals surface area contributed by atoms with Crippen LogP contribution in [0.25, 0.3) is 22.0 Å². The van der Waals surface area contributed by atoms with E-state index in [0.717, 1.165) is 5.39 Å². The molecule has 41 heavy (non-hydrogen) atoms. The number of nitrogens with zero attached hydrogens (tertiary/aromatic N) is 3. The molecule has 2 N–H and O–H groups in total. The van der Waals surface area contributed by atoms with E-state index in [1.807, 2.05) is 0 Å². The molecule has 206 valence electrons. The highest BCUT2D eigenvalue weighted by Crippen LogP contribution is 2.47. The summed E-state index contributed by atoms with van der Waals surface area (Å²) in [7, 11) is 0. The van der Waals surface area contributed by atoms with Crippen molar-refractivity contribution < 1.29 is 27.5 Å². The van der Waals surface area contributed by atoms with Gasteiger partial charge in [0.25, 0.3) is 0 Å². The molecule has 3 aromatic carbocycles. The maximum atomic E-state index is 13.1. The van der Waals surface area contributed by atoms with Crippen molar-refractivity contribution in [2.75, 3.05) is 10.6 Å². The molecule has 0 atom stereocenters. The molecule has 0 aliphatic heterocycles. The molecule has 11 heteroatoms. The Hall–Kier alpha value is -5.19. The number of benzene rings is 3. The minimum Gasteiger partial charge on any atom is -0.457 e. The summed E-state index contributed by atoms with van der Waals surface area (Å²) < 4.78 is 45.6. The topological polar surface area (TPSA) is 98.1 Å². The quantitative estimate of drug-likeness (QED) is 0.205. The first kappa shape index (κ1) is 26.1. The summed E-state index contributed by atoms with van der Waals surface area (Å²) in [4.78, 5) is 30.1. The number of rotatable bonds is 8. The van der Waals surface area contributed by atoms with Crippen molar-refractivity contribution in [1.82, 2.24) is 14.8 Å². The van der Waals surface area contributed by atoms with Crippen LogP contribution in [0.2, 0.25) is 0 Å². The predicted octanol–water partition coefficient (Wildman–Crippen LogP) is 6.78. The van der Waals surface area contributed by atoms with E-state index in [2.05, 4.69) is 20.7 Å². The maximum Gasteiger partial charge on any atom is 0.333 e. The number of fused-ring (bicyclic) bond motifs is 1. The second-order valence-corrected chi connectivity index (χ2v) is 9.65. The molecule has 1 saturated carbocycles. The molecule has 0 bridgehead atoms. The highest BCUT2D eigenvalue weighted by Gasteiger charge is 2.56. The summed E-state index contributed by atoms with van der Waals surface area (Å²) in [6.07, 6.45) is 5.06. The second kappa shape index (κ2) is 10.4. The predicted molar refractivity (Wildman–Crippen MR) is 146 cm³/mol. The normalized spacial score (nSPS) is 13.7. The molecule has 0 spiro atoms. The number of aromatic nitrogens is 3. The van der Waals surface area contributed by atoms with Crippen LogP contribution >= 0.6 is 0 Å². The number of ether oxygens (including phenoxy) is 1. The average Bonchev–Trinajstić information content (AvgIpc) is 3.64. The van der Waals surface area contributed by atoms with Gasteiger partial charge >= 0.3 is 6.55 Å². The Morgan fingerprint density at radius 2 is 1.54 bits per heavy atom. The standard InChI is InChI=1S/C30H22F3N5O3/c31-20-2-4-21(5-3-20)36-27(39)30(12-13-30)28(40)37-22-6-8-23(9-7-22)41-26-11-14-34-25-15-18(1-10-24(25)26)19-16-35-38(17-19)29(32)33/h1-11,14-17,29H,12-13H2,(H,36,39)(H,37,40). The Kier molecular flexibility index (Phi) is 6.62. The Balaban J connectivity index is 1.12. The van der Waals surface area contributed by atoms with Crippen LogP contribution in [0.4, 0.5) is 24.5 Å². The fraction of sp³-hybridized carbons (Fsp3) is 0.133. The van der Waals surface area contributed by atoms with E-state index >= 15 is 0 Å². The van der Waals surface area contributed by atoms with Gasteiger partial charge in [0.2, 0.25) is 11.8 Å². The fourth-order valence-electron chi connectivity index (χ4n) is 4.43. The van der Waals surface area contributed by atoms with E-state index in [9.17, 15) is 22.8 Å². The van der Waals surface area contributed by atoms with Crippen LogP contribution in [-0.4, -0.2) is 26.6 Å². The zero-order valence-electron chi connectivity index (χ0n) is 21.4. The second-order valence-electron chi connectivity index (χ2n) is 9.65. The number of halogens is 3. The van der Waals surface area contributed by atoms with Gasteiger partial charge in [-0.25, -0.2) is 9.07 Å². The van der Waals surface area contributed by atoms with Crippen molar-refractivity contribution in [2.24, 2.45) is 5.41 Å². The molecule has 1 aliphatic rings. The van der Waals surface area contributed by atoms with Gasteiger partial charge in [-0.3, -0.25) is 14.6 Å². The first-order valence-electron chi connectivity index (χ1n) is 12.7. The molecule has 5 aromatic rings. The van der Waals surface area contributed by atoms with E-state index in [0.29, 0.717) is 57.0 Å². The van der Waals surface area contributed by atoms with Gasteiger partial charge in [0.05, 0.1) is 11.7 Å². The number of carbonyl (C=O) groups is 2. The summed E-state index contributed by atoms with van der Waals surface area (Å²) in [5.74, 6) is -0.221. The number of hydrogen-bond donors (Lipinski definition) is 2. The Bertz CT molecular complexity index is 1750. The van der Waals surface area contributed by atoms with Crippen LogP contribution < -0.4 is 15.4 Å². The van der Waals surface area contributed by atoms with Crippen LogP contribution in [0.1, 0.15) is 19.4 Å². The van der Waals surface area contributed by atoms with Gasteiger partial charge in [0.1, 0.15) is 22.7 Å². The van der Waals surface area contributed by atoms with Gasteiger partial charge in [-0.05, 0) is 85.1 Å². The van der Waals surface area contributed by atoms with Crippen LogP contribution in [-0.2, 0) is 9.59 Å². The molecule has 0 unspecified atom stereocenters. The van der Waals surface area contributed by atoms with Crippen molar-refractivity contribution >= 4 is 34.1 Å². The van der Waals surface area contributed by atoms with Gasteiger partial charge < -0.3 is 15.4 Å². The van der Waals surface area contributed by atoms with Gasteiger partial charge in [0, 0.05) is 34.7 Å². The summed E-state index contributed by atoms with van der Waals surface area (Å²) >= 11 is 0. The summed E-state index contributed by atoms with van der Waals surface area (Å²) in [6.45, 7) is -2.72. The van der Waals surface area contributed by atoms with E-state index in [1.54, 1.807) is 54.7 Å².